The predicted octanol–water partition coefficient (Wildman–Crippen LogP) is 3.80. The molecule has 0 saturated carbocycles. The molecule has 1 aromatic heterocycles. The summed E-state index contributed by atoms with van der Waals surface area (Å²) < 4.78 is 1.91. The van der Waals surface area contributed by atoms with Gasteiger partial charge in [-0.3, -0.25) is 9.69 Å². The lowest BCUT2D eigenvalue weighted by Crippen LogP contribution is -2.34. The molecule has 0 N–H and O–H groups in total. The van der Waals surface area contributed by atoms with Gasteiger partial charge in [0.1, 0.15) is 0 Å². The fourth-order valence-corrected chi connectivity index (χ4v) is 4.55. The van der Waals surface area contributed by atoms with Gasteiger partial charge < -0.3 is 4.90 Å². The first-order valence-electron chi connectivity index (χ1n) is 10.8. The minimum atomic E-state index is 0.382. The monoisotopic (exact) mass is 380 g/mol. The Morgan fingerprint density at radius 2 is 1.93 bits per heavy atom. The van der Waals surface area contributed by atoms with Gasteiger partial charge >= 0.3 is 0 Å². The molecule has 2 aliphatic heterocycles. The summed E-state index contributed by atoms with van der Waals surface area (Å²) in [5.41, 5.74) is 3.84. The molecule has 0 atom stereocenters. The van der Waals surface area contributed by atoms with Crippen LogP contribution in [-0.4, -0.2) is 51.7 Å². The smallest absolute Gasteiger partial charge is 0.222 e. The molecule has 0 unspecified atom stereocenters. The van der Waals surface area contributed by atoms with Crippen LogP contribution in [0.15, 0.2) is 36.7 Å². The molecule has 1 aromatic carbocycles. The molecule has 2 saturated heterocycles. The average molecular weight is 381 g/mol. The average Bonchev–Trinajstić information content (AvgIpc) is 3.43. The third kappa shape index (κ3) is 4.64. The Morgan fingerprint density at radius 1 is 1.14 bits per heavy atom. The summed E-state index contributed by atoms with van der Waals surface area (Å²) in [5, 5.41) is 4.32. The van der Waals surface area contributed by atoms with E-state index in [9.17, 15) is 4.79 Å². The third-order valence-electron chi connectivity index (χ3n) is 6.42. The first-order chi connectivity index (χ1) is 13.7. The van der Waals surface area contributed by atoms with Gasteiger partial charge in [-0.05, 0) is 87.4 Å². The van der Waals surface area contributed by atoms with Crippen molar-refractivity contribution in [3.05, 3.63) is 47.8 Å². The van der Waals surface area contributed by atoms with E-state index in [0.29, 0.717) is 11.8 Å². The van der Waals surface area contributed by atoms with E-state index in [4.69, 9.17) is 0 Å². The fraction of sp³-hybridized carbons (Fsp3) is 0.565. The number of carbonyl (C=O) groups excluding carboxylic acids is 1. The van der Waals surface area contributed by atoms with E-state index in [1.165, 1.54) is 36.8 Å². The molecule has 0 radical (unpaired) electrons. The number of likely N-dealkylation sites (tertiary alicyclic amines) is 2. The van der Waals surface area contributed by atoms with E-state index in [1.54, 1.807) is 0 Å². The van der Waals surface area contributed by atoms with Crippen molar-refractivity contribution in [2.24, 2.45) is 5.92 Å². The van der Waals surface area contributed by atoms with Crippen molar-refractivity contribution in [2.75, 3.05) is 26.2 Å². The molecular weight excluding hydrogens is 348 g/mol. The zero-order chi connectivity index (χ0) is 19.3. The number of nitrogens with zero attached hydrogens (tertiary/aromatic N) is 4. The fourth-order valence-electron chi connectivity index (χ4n) is 4.55. The summed E-state index contributed by atoms with van der Waals surface area (Å²) in [6.45, 7) is 7.46. The number of hydrogen-bond donors (Lipinski definition) is 0. The van der Waals surface area contributed by atoms with Crippen LogP contribution in [0.1, 0.15) is 49.7 Å². The van der Waals surface area contributed by atoms with Gasteiger partial charge in [0.05, 0.1) is 5.69 Å². The van der Waals surface area contributed by atoms with E-state index in [-0.39, 0.29) is 0 Å². The molecule has 5 nitrogen and oxygen atoms in total. The van der Waals surface area contributed by atoms with Crippen LogP contribution in [0.25, 0.3) is 5.69 Å². The van der Waals surface area contributed by atoms with Gasteiger partial charge in [0.2, 0.25) is 5.91 Å². The van der Waals surface area contributed by atoms with E-state index >= 15 is 0 Å². The van der Waals surface area contributed by atoms with E-state index < -0.39 is 0 Å². The molecule has 1 amide bonds. The lowest BCUT2D eigenvalue weighted by Gasteiger charge is -2.32. The maximum atomic E-state index is 12.3. The number of piperidine rings is 1. The summed E-state index contributed by atoms with van der Waals surface area (Å²) in [5.74, 6) is 1.10. The van der Waals surface area contributed by atoms with E-state index in [1.807, 2.05) is 23.1 Å². The summed E-state index contributed by atoms with van der Waals surface area (Å²) in [7, 11) is 0. The molecule has 2 aliphatic rings. The maximum Gasteiger partial charge on any atom is 0.222 e. The van der Waals surface area contributed by atoms with Gasteiger partial charge in [-0.15, -0.1) is 0 Å². The Morgan fingerprint density at radius 3 is 2.61 bits per heavy atom. The van der Waals surface area contributed by atoms with Crippen molar-refractivity contribution >= 4 is 5.91 Å². The van der Waals surface area contributed by atoms with Gasteiger partial charge in [-0.1, -0.05) is 6.07 Å². The lowest BCUT2D eigenvalue weighted by molar-refractivity contribution is -0.130. The standard InChI is InChI=1S/C23H32N4O/c1-19-17-22(27-14-4-11-24-27)7-6-21(19)18-25-15-9-20(10-16-25)5-8-23(28)26-12-2-3-13-26/h4,6-7,11,14,17,20H,2-3,5,8-10,12-13,15-16,18H2,1H3. The van der Waals surface area contributed by atoms with Crippen molar-refractivity contribution in [3.63, 3.8) is 0 Å². The first-order valence-corrected chi connectivity index (χ1v) is 10.8. The minimum Gasteiger partial charge on any atom is -0.343 e. The normalized spacial score (nSPS) is 18.7. The second-order valence-electron chi connectivity index (χ2n) is 8.41. The molecule has 5 heteroatoms. The Balaban J connectivity index is 1.23. The largest absolute Gasteiger partial charge is 0.343 e. The Labute approximate surface area is 168 Å². The summed E-state index contributed by atoms with van der Waals surface area (Å²) >= 11 is 0. The second kappa shape index (κ2) is 8.91. The molecule has 2 fully saturated rings. The van der Waals surface area contributed by atoms with Crippen molar-refractivity contribution in [1.82, 2.24) is 19.6 Å². The summed E-state index contributed by atoms with van der Waals surface area (Å²) in [4.78, 5) is 16.9. The number of aromatic nitrogens is 2. The van der Waals surface area contributed by atoms with Crippen molar-refractivity contribution in [1.29, 1.82) is 0 Å². The topological polar surface area (TPSA) is 41.4 Å². The quantitative estimate of drug-likeness (QED) is 0.765. The number of amides is 1. The van der Waals surface area contributed by atoms with E-state index in [0.717, 1.165) is 51.3 Å². The highest BCUT2D eigenvalue weighted by molar-refractivity contribution is 5.76. The second-order valence-corrected chi connectivity index (χ2v) is 8.41. The number of carbonyl (C=O) groups is 1. The molecule has 0 bridgehead atoms. The van der Waals surface area contributed by atoms with Crippen molar-refractivity contribution in [3.8, 4) is 5.69 Å². The summed E-state index contributed by atoms with van der Waals surface area (Å²) in [6, 6.07) is 8.57. The van der Waals surface area contributed by atoms with Gasteiger partial charge in [0, 0.05) is 38.4 Å². The van der Waals surface area contributed by atoms with Crippen molar-refractivity contribution < 1.29 is 4.79 Å². The molecule has 150 valence electrons. The van der Waals surface area contributed by atoms with Gasteiger partial charge in [-0.2, -0.15) is 5.10 Å². The molecular formula is C23H32N4O. The highest BCUT2D eigenvalue weighted by atomic mass is 16.2. The van der Waals surface area contributed by atoms with Crippen LogP contribution in [-0.2, 0) is 11.3 Å². The highest BCUT2D eigenvalue weighted by Gasteiger charge is 2.23. The molecule has 3 heterocycles. The van der Waals surface area contributed by atoms with Crippen LogP contribution in [0.3, 0.4) is 0 Å². The predicted molar refractivity (Wildman–Crippen MR) is 111 cm³/mol. The van der Waals surface area contributed by atoms with Crippen LogP contribution < -0.4 is 0 Å². The van der Waals surface area contributed by atoms with Gasteiger partial charge in [-0.25, -0.2) is 4.68 Å². The first kappa shape index (κ1) is 19.2. The minimum absolute atomic E-state index is 0.382. The lowest BCUT2D eigenvalue weighted by atomic mass is 9.91. The number of rotatable bonds is 6. The molecule has 0 aliphatic carbocycles. The van der Waals surface area contributed by atoms with Crippen LogP contribution >= 0.6 is 0 Å². The number of hydrogen-bond acceptors (Lipinski definition) is 3. The molecule has 0 spiro atoms. The zero-order valence-electron chi connectivity index (χ0n) is 17.0. The Hall–Kier alpha value is -2.14. The van der Waals surface area contributed by atoms with Gasteiger partial charge in [0.25, 0.3) is 0 Å². The van der Waals surface area contributed by atoms with Crippen LogP contribution in [0.5, 0.6) is 0 Å². The number of aryl methyl sites for hydroxylation is 1. The van der Waals surface area contributed by atoms with Gasteiger partial charge in [0.15, 0.2) is 0 Å². The highest BCUT2D eigenvalue weighted by Crippen LogP contribution is 2.25. The van der Waals surface area contributed by atoms with E-state index in [2.05, 4.69) is 40.0 Å². The van der Waals surface area contributed by atoms with Crippen molar-refractivity contribution in [2.45, 2.75) is 52.0 Å². The Bertz CT molecular complexity index is 772. The zero-order valence-corrected chi connectivity index (χ0v) is 17.0. The van der Waals surface area contributed by atoms with Crippen LogP contribution in [0.4, 0.5) is 0 Å². The summed E-state index contributed by atoms with van der Waals surface area (Å²) in [6.07, 6.45) is 10.4. The molecule has 4 rings (SSSR count). The SMILES string of the molecule is Cc1cc(-n2cccn2)ccc1CN1CCC(CCC(=O)N2CCCC2)CC1. The molecule has 2 aromatic rings. The Kier molecular flexibility index (Phi) is 6.10. The number of benzene rings is 1. The maximum absolute atomic E-state index is 12.3. The molecule has 28 heavy (non-hydrogen) atoms. The van der Waals surface area contributed by atoms with Crippen LogP contribution in [0.2, 0.25) is 0 Å². The third-order valence-corrected chi connectivity index (χ3v) is 6.42. The van der Waals surface area contributed by atoms with Crippen LogP contribution in [0, 0.1) is 12.8 Å².